The van der Waals surface area contributed by atoms with Crippen LogP contribution in [0.5, 0.6) is 0 Å². The van der Waals surface area contributed by atoms with Crippen LogP contribution >= 0.6 is 0 Å². The molecule has 1 aromatic carbocycles. The zero-order chi connectivity index (χ0) is 16.1. The summed E-state index contributed by atoms with van der Waals surface area (Å²) in [4.78, 5) is 24.5. The molecule has 1 fully saturated rings. The van der Waals surface area contributed by atoms with Gasteiger partial charge in [0.2, 0.25) is 0 Å². The molecular formula is C15H21N3O4. The van der Waals surface area contributed by atoms with E-state index in [-0.39, 0.29) is 17.6 Å². The highest BCUT2D eigenvalue weighted by Gasteiger charge is 2.28. The third-order valence-corrected chi connectivity index (χ3v) is 3.61. The Bertz CT molecular complexity index is 524. The second-order valence-corrected chi connectivity index (χ2v) is 5.55. The van der Waals surface area contributed by atoms with Crippen LogP contribution in [0.4, 0.5) is 5.69 Å². The van der Waals surface area contributed by atoms with Crippen molar-refractivity contribution in [1.29, 1.82) is 0 Å². The molecule has 1 aliphatic heterocycles. The largest absolute Gasteiger partial charge is 0.366 e. The summed E-state index contributed by atoms with van der Waals surface area (Å²) in [7, 11) is 0. The summed E-state index contributed by atoms with van der Waals surface area (Å²) >= 11 is 0. The van der Waals surface area contributed by atoms with E-state index in [9.17, 15) is 14.9 Å². The first kappa shape index (κ1) is 16.4. The number of benzene rings is 1. The monoisotopic (exact) mass is 307 g/mol. The molecule has 0 bridgehead atoms. The smallest absolute Gasteiger partial charge is 0.269 e. The van der Waals surface area contributed by atoms with E-state index in [0.717, 1.165) is 12.1 Å². The number of carbonyl (C=O) groups excluding carboxylic acids is 1. The standard InChI is InChI=1S/C15H21N3O4/c1-11(2)17(15(19)14-9-16-7-8-22-14)10-12-3-5-13(6-4-12)18(20)21/h3-6,11,14,16H,7-10H2,1-2H3. The fourth-order valence-corrected chi connectivity index (χ4v) is 2.34. The Morgan fingerprint density at radius 1 is 1.45 bits per heavy atom. The molecule has 0 aliphatic carbocycles. The highest BCUT2D eigenvalue weighted by Crippen LogP contribution is 2.16. The number of nitrogens with zero attached hydrogens (tertiary/aromatic N) is 2. The Kier molecular flexibility index (Phi) is 5.46. The lowest BCUT2D eigenvalue weighted by atomic mass is 10.1. The number of nitrogens with one attached hydrogen (secondary N) is 1. The SMILES string of the molecule is CC(C)N(Cc1ccc([N+](=O)[O-])cc1)C(=O)C1CNCCO1. The molecule has 1 amide bonds. The maximum absolute atomic E-state index is 12.6. The van der Waals surface area contributed by atoms with Crippen molar-refractivity contribution in [3.63, 3.8) is 0 Å². The molecule has 120 valence electrons. The molecule has 7 nitrogen and oxygen atoms in total. The summed E-state index contributed by atoms with van der Waals surface area (Å²) in [5.74, 6) is -0.0550. The van der Waals surface area contributed by atoms with E-state index in [1.807, 2.05) is 13.8 Å². The molecule has 1 atom stereocenters. The van der Waals surface area contributed by atoms with Gasteiger partial charge in [0.15, 0.2) is 0 Å². The van der Waals surface area contributed by atoms with Crippen LogP contribution in [0.1, 0.15) is 19.4 Å². The van der Waals surface area contributed by atoms with E-state index in [0.29, 0.717) is 19.7 Å². The van der Waals surface area contributed by atoms with Gasteiger partial charge in [-0.25, -0.2) is 0 Å². The normalized spacial score (nSPS) is 18.2. The minimum atomic E-state index is -0.464. The van der Waals surface area contributed by atoms with E-state index in [4.69, 9.17) is 4.74 Å². The van der Waals surface area contributed by atoms with E-state index in [1.165, 1.54) is 12.1 Å². The van der Waals surface area contributed by atoms with Gasteiger partial charge in [-0.3, -0.25) is 14.9 Å². The average molecular weight is 307 g/mol. The zero-order valence-corrected chi connectivity index (χ0v) is 12.8. The Morgan fingerprint density at radius 3 is 2.64 bits per heavy atom. The molecule has 0 aromatic heterocycles. The van der Waals surface area contributed by atoms with Gasteiger partial charge in [0.05, 0.1) is 11.5 Å². The number of hydrogen-bond acceptors (Lipinski definition) is 5. The molecular weight excluding hydrogens is 286 g/mol. The number of carbonyl (C=O) groups is 1. The van der Waals surface area contributed by atoms with Gasteiger partial charge >= 0.3 is 0 Å². The van der Waals surface area contributed by atoms with Crippen molar-refractivity contribution in [2.75, 3.05) is 19.7 Å². The average Bonchev–Trinajstić information content (AvgIpc) is 2.53. The molecule has 0 radical (unpaired) electrons. The molecule has 1 aliphatic rings. The van der Waals surface area contributed by atoms with Gasteiger partial charge in [-0.15, -0.1) is 0 Å². The lowest BCUT2D eigenvalue weighted by Crippen LogP contribution is -2.50. The van der Waals surface area contributed by atoms with Crippen LogP contribution in [0.3, 0.4) is 0 Å². The van der Waals surface area contributed by atoms with Crippen molar-refractivity contribution in [2.24, 2.45) is 0 Å². The van der Waals surface area contributed by atoms with Crippen molar-refractivity contribution in [1.82, 2.24) is 10.2 Å². The Labute approximate surface area is 129 Å². The van der Waals surface area contributed by atoms with Crippen molar-refractivity contribution in [3.8, 4) is 0 Å². The van der Waals surface area contributed by atoms with Crippen LogP contribution in [0, 0.1) is 10.1 Å². The number of hydrogen-bond donors (Lipinski definition) is 1. The second kappa shape index (κ2) is 7.33. The topological polar surface area (TPSA) is 84.7 Å². The van der Waals surface area contributed by atoms with Gasteiger partial charge < -0.3 is 15.0 Å². The number of morpholine rings is 1. The van der Waals surface area contributed by atoms with Gasteiger partial charge in [0.1, 0.15) is 6.10 Å². The summed E-state index contributed by atoms with van der Waals surface area (Å²) in [6.07, 6.45) is -0.464. The van der Waals surface area contributed by atoms with Gasteiger partial charge in [-0.1, -0.05) is 12.1 Å². The number of nitro benzene ring substituents is 1. The highest BCUT2D eigenvalue weighted by atomic mass is 16.6. The summed E-state index contributed by atoms with van der Waals surface area (Å²) in [5, 5.41) is 13.8. The summed E-state index contributed by atoms with van der Waals surface area (Å²) in [5.41, 5.74) is 0.905. The number of rotatable bonds is 5. The Morgan fingerprint density at radius 2 is 2.14 bits per heavy atom. The fourth-order valence-electron chi connectivity index (χ4n) is 2.34. The summed E-state index contributed by atoms with van der Waals surface area (Å²) < 4.78 is 5.52. The minimum Gasteiger partial charge on any atom is -0.366 e. The Balaban J connectivity index is 2.07. The van der Waals surface area contributed by atoms with Gasteiger partial charge in [-0.05, 0) is 19.4 Å². The molecule has 2 rings (SSSR count). The molecule has 7 heteroatoms. The van der Waals surface area contributed by atoms with Gasteiger partial charge in [0.25, 0.3) is 11.6 Å². The molecule has 1 heterocycles. The first-order valence-corrected chi connectivity index (χ1v) is 7.35. The van der Waals surface area contributed by atoms with E-state index in [1.54, 1.807) is 17.0 Å². The van der Waals surface area contributed by atoms with Crippen molar-refractivity contribution < 1.29 is 14.5 Å². The number of non-ortho nitro benzene ring substituents is 1. The molecule has 1 N–H and O–H groups in total. The van der Waals surface area contributed by atoms with Gasteiger partial charge in [-0.2, -0.15) is 0 Å². The predicted molar refractivity (Wildman–Crippen MR) is 81.4 cm³/mol. The Hall–Kier alpha value is -1.99. The van der Waals surface area contributed by atoms with Crippen LogP contribution < -0.4 is 5.32 Å². The first-order valence-electron chi connectivity index (χ1n) is 7.35. The minimum absolute atomic E-state index is 0.0215. The fraction of sp³-hybridized carbons (Fsp3) is 0.533. The van der Waals surface area contributed by atoms with Gasteiger partial charge in [0, 0.05) is 37.8 Å². The van der Waals surface area contributed by atoms with Crippen LogP contribution in [0.25, 0.3) is 0 Å². The number of nitro groups is 1. The third-order valence-electron chi connectivity index (χ3n) is 3.61. The van der Waals surface area contributed by atoms with E-state index >= 15 is 0 Å². The summed E-state index contributed by atoms with van der Waals surface area (Å²) in [6, 6.07) is 6.29. The molecule has 22 heavy (non-hydrogen) atoms. The van der Waals surface area contributed by atoms with Crippen molar-refractivity contribution >= 4 is 11.6 Å². The predicted octanol–water partition coefficient (Wildman–Crippen LogP) is 1.32. The van der Waals surface area contributed by atoms with Crippen molar-refractivity contribution in [2.45, 2.75) is 32.5 Å². The molecule has 1 saturated heterocycles. The zero-order valence-electron chi connectivity index (χ0n) is 12.8. The highest BCUT2D eigenvalue weighted by molar-refractivity contribution is 5.81. The maximum atomic E-state index is 12.6. The van der Waals surface area contributed by atoms with Crippen LogP contribution in [0.2, 0.25) is 0 Å². The van der Waals surface area contributed by atoms with E-state index in [2.05, 4.69) is 5.32 Å². The molecule has 0 spiro atoms. The number of amides is 1. The molecule has 0 saturated carbocycles. The maximum Gasteiger partial charge on any atom is 0.269 e. The lowest BCUT2D eigenvalue weighted by molar-refractivity contribution is -0.384. The summed E-state index contributed by atoms with van der Waals surface area (Å²) in [6.45, 7) is 6.10. The second-order valence-electron chi connectivity index (χ2n) is 5.55. The van der Waals surface area contributed by atoms with Crippen LogP contribution in [-0.4, -0.2) is 47.6 Å². The quantitative estimate of drug-likeness (QED) is 0.655. The first-order chi connectivity index (χ1) is 10.5. The molecule has 1 unspecified atom stereocenters. The third kappa shape index (κ3) is 4.02. The molecule has 1 aromatic rings. The van der Waals surface area contributed by atoms with Crippen LogP contribution in [0.15, 0.2) is 24.3 Å². The van der Waals surface area contributed by atoms with Crippen molar-refractivity contribution in [3.05, 3.63) is 39.9 Å². The number of ether oxygens (including phenoxy) is 1. The van der Waals surface area contributed by atoms with E-state index < -0.39 is 11.0 Å². The van der Waals surface area contributed by atoms with Crippen LogP contribution in [-0.2, 0) is 16.1 Å². The lowest BCUT2D eigenvalue weighted by Gasteiger charge is -2.32.